The Labute approximate surface area is 187 Å². The van der Waals surface area contributed by atoms with Crippen molar-refractivity contribution in [1.29, 1.82) is 0 Å². The Bertz CT molecular complexity index is 735. The molecule has 0 bridgehead atoms. The van der Waals surface area contributed by atoms with E-state index in [-0.39, 0.29) is 23.5 Å². The van der Waals surface area contributed by atoms with Crippen molar-refractivity contribution >= 4 is 0 Å². The average molecular weight is 434 g/mol. The first-order valence-corrected chi connectivity index (χ1v) is 12.5. The maximum absolute atomic E-state index is 12.0. The lowest BCUT2D eigenvalue weighted by Crippen LogP contribution is -2.56. The van der Waals surface area contributed by atoms with Crippen LogP contribution >= 0.6 is 0 Å². The molecule has 176 valence electrons. The molecule has 4 aliphatic rings. The van der Waals surface area contributed by atoms with Crippen LogP contribution in [0.4, 0.5) is 0 Å². The largest absolute Gasteiger partial charge is 0.394 e. The van der Waals surface area contributed by atoms with Gasteiger partial charge in [-0.15, -0.1) is 0 Å². The fourth-order valence-electron chi connectivity index (χ4n) is 7.63. The molecule has 0 aliphatic heterocycles. The molecule has 0 amide bonds. The van der Waals surface area contributed by atoms with Crippen molar-refractivity contribution in [2.75, 3.05) is 26.2 Å². The Morgan fingerprint density at radius 2 is 1.84 bits per heavy atom. The molecule has 0 aromatic heterocycles. The van der Waals surface area contributed by atoms with E-state index < -0.39 is 11.7 Å². The second-order valence-corrected chi connectivity index (χ2v) is 11.4. The van der Waals surface area contributed by atoms with Gasteiger partial charge in [0.2, 0.25) is 0 Å². The van der Waals surface area contributed by atoms with Crippen LogP contribution in [0.2, 0.25) is 0 Å². The van der Waals surface area contributed by atoms with Gasteiger partial charge in [0.25, 0.3) is 0 Å². The summed E-state index contributed by atoms with van der Waals surface area (Å²) in [7, 11) is 0. The molecule has 4 aliphatic carbocycles. The SMILES string of the molecule is CCCN(CC(O)CO)CC1(O)CCC2C3=CC=C4CC(O)CCC4(C)C3CCC21C. The molecular formula is C26H43NO4. The van der Waals surface area contributed by atoms with Gasteiger partial charge in [-0.3, -0.25) is 4.90 Å². The summed E-state index contributed by atoms with van der Waals surface area (Å²) in [5.41, 5.74) is 2.17. The number of aliphatic hydroxyl groups is 4. The summed E-state index contributed by atoms with van der Waals surface area (Å²) in [6.07, 6.45) is 11.3. The monoisotopic (exact) mass is 433 g/mol. The van der Waals surface area contributed by atoms with Crippen LogP contribution in [0.3, 0.4) is 0 Å². The Morgan fingerprint density at radius 3 is 2.55 bits per heavy atom. The number of allylic oxidation sites excluding steroid dienone is 3. The van der Waals surface area contributed by atoms with Crippen LogP contribution in [0, 0.1) is 22.7 Å². The molecule has 0 heterocycles. The Balaban J connectivity index is 1.58. The second kappa shape index (κ2) is 8.57. The Hall–Kier alpha value is -0.720. The first kappa shape index (κ1) is 23.4. The van der Waals surface area contributed by atoms with E-state index in [1.807, 2.05) is 0 Å². The smallest absolute Gasteiger partial charge is 0.0897 e. The average Bonchev–Trinajstić information content (AvgIpc) is 2.99. The zero-order chi connectivity index (χ0) is 22.4. The lowest BCUT2D eigenvalue weighted by Gasteiger charge is -2.56. The quantitative estimate of drug-likeness (QED) is 0.496. The van der Waals surface area contributed by atoms with Crippen LogP contribution in [0.5, 0.6) is 0 Å². The molecule has 4 N–H and O–H groups in total. The van der Waals surface area contributed by atoms with Crippen LogP contribution in [0.25, 0.3) is 0 Å². The highest BCUT2D eigenvalue weighted by molar-refractivity contribution is 5.39. The zero-order valence-electron chi connectivity index (χ0n) is 19.7. The molecule has 31 heavy (non-hydrogen) atoms. The predicted octanol–water partition coefficient (Wildman–Crippen LogP) is 3.03. The third-order valence-electron chi connectivity index (χ3n) is 9.57. The second-order valence-electron chi connectivity index (χ2n) is 11.4. The molecule has 4 rings (SSSR count). The summed E-state index contributed by atoms with van der Waals surface area (Å²) in [4.78, 5) is 2.15. The van der Waals surface area contributed by atoms with E-state index in [4.69, 9.17) is 0 Å². The van der Waals surface area contributed by atoms with Crippen molar-refractivity contribution in [2.24, 2.45) is 22.7 Å². The molecule has 0 aromatic carbocycles. The molecule has 5 heteroatoms. The van der Waals surface area contributed by atoms with Crippen molar-refractivity contribution in [3.8, 4) is 0 Å². The number of fused-ring (bicyclic) bond motifs is 5. The highest BCUT2D eigenvalue weighted by Gasteiger charge is 2.62. The van der Waals surface area contributed by atoms with Gasteiger partial charge >= 0.3 is 0 Å². The summed E-state index contributed by atoms with van der Waals surface area (Å²) in [6.45, 7) is 8.36. The third-order valence-corrected chi connectivity index (χ3v) is 9.57. The maximum Gasteiger partial charge on any atom is 0.0897 e. The highest BCUT2D eigenvalue weighted by atomic mass is 16.3. The normalized spacial score (nSPS) is 43.0. The van der Waals surface area contributed by atoms with Gasteiger partial charge in [-0.2, -0.15) is 0 Å². The van der Waals surface area contributed by atoms with Crippen molar-refractivity contribution < 1.29 is 20.4 Å². The summed E-state index contributed by atoms with van der Waals surface area (Å²) in [5, 5.41) is 41.5. The molecule has 3 fully saturated rings. The summed E-state index contributed by atoms with van der Waals surface area (Å²) < 4.78 is 0. The molecule has 7 atom stereocenters. The number of rotatable bonds is 7. The fourth-order valence-corrected chi connectivity index (χ4v) is 7.63. The first-order chi connectivity index (χ1) is 14.7. The molecule has 0 radical (unpaired) electrons. The molecule has 5 nitrogen and oxygen atoms in total. The minimum atomic E-state index is -0.776. The zero-order valence-corrected chi connectivity index (χ0v) is 19.7. The van der Waals surface area contributed by atoms with Gasteiger partial charge in [0.15, 0.2) is 0 Å². The lowest BCUT2D eigenvalue weighted by molar-refractivity contribution is -0.106. The van der Waals surface area contributed by atoms with Crippen molar-refractivity contribution in [1.82, 2.24) is 4.90 Å². The standard InChI is InChI=1S/C26H43NO4/c1-4-13-27(15-20(30)16-28)17-26(31)12-9-23-21-6-5-18-14-19(29)7-10-24(18,2)22(21)8-11-25(23,26)3/h5-6,19-20,22-23,28-31H,4,7-17H2,1-3H3. The van der Waals surface area contributed by atoms with Gasteiger partial charge in [-0.1, -0.05) is 44.1 Å². The number of hydrogen-bond acceptors (Lipinski definition) is 5. The van der Waals surface area contributed by atoms with E-state index in [1.54, 1.807) is 0 Å². The van der Waals surface area contributed by atoms with Crippen LogP contribution in [0.1, 0.15) is 72.1 Å². The summed E-state index contributed by atoms with van der Waals surface area (Å²) >= 11 is 0. The molecule has 0 aromatic rings. The predicted molar refractivity (Wildman–Crippen MR) is 122 cm³/mol. The van der Waals surface area contributed by atoms with Gasteiger partial charge in [-0.25, -0.2) is 0 Å². The van der Waals surface area contributed by atoms with E-state index in [2.05, 4.69) is 37.8 Å². The van der Waals surface area contributed by atoms with Crippen molar-refractivity contribution in [2.45, 2.75) is 89.9 Å². The van der Waals surface area contributed by atoms with Gasteiger partial charge in [0, 0.05) is 18.5 Å². The van der Waals surface area contributed by atoms with Crippen LogP contribution < -0.4 is 0 Å². The number of aliphatic hydroxyl groups excluding tert-OH is 3. The van der Waals surface area contributed by atoms with Gasteiger partial charge in [0.05, 0.1) is 24.4 Å². The lowest BCUT2D eigenvalue weighted by atomic mass is 9.50. The van der Waals surface area contributed by atoms with E-state index in [1.165, 1.54) is 11.1 Å². The Morgan fingerprint density at radius 1 is 1.10 bits per heavy atom. The van der Waals surface area contributed by atoms with Gasteiger partial charge in [0.1, 0.15) is 0 Å². The molecular weight excluding hydrogens is 390 g/mol. The summed E-state index contributed by atoms with van der Waals surface area (Å²) in [6, 6.07) is 0. The van der Waals surface area contributed by atoms with Crippen molar-refractivity contribution in [3.63, 3.8) is 0 Å². The minimum absolute atomic E-state index is 0.158. The fraction of sp³-hybridized carbons (Fsp3) is 0.846. The minimum Gasteiger partial charge on any atom is -0.394 e. The molecule has 3 saturated carbocycles. The van der Waals surface area contributed by atoms with E-state index >= 15 is 0 Å². The van der Waals surface area contributed by atoms with E-state index in [0.717, 1.165) is 57.9 Å². The molecule has 0 saturated heterocycles. The molecule has 7 unspecified atom stereocenters. The van der Waals surface area contributed by atoms with Crippen LogP contribution in [-0.2, 0) is 0 Å². The Kier molecular flexibility index (Phi) is 6.48. The number of hydrogen-bond donors (Lipinski definition) is 4. The van der Waals surface area contributed by atoms with E-state index in [0.29, 0.717) is 24.9 Å². The van der Waals surface area contributed by atoms with Crippen LogP contribution in [0.15, 0.2) is 23.3 Å². The third kappa shape index (κ3) is 3.85. The van der Waals surface area contributed by atoms with Crippen LogP contribution in [-0.4, -0.2) is 69.4 Å². The molecule has 0 spiro atoms. The van der Waals surface area contributed by atoms with Crippen molar-refractivity contribution in [3.05, 3.63) is 23.3 Å². The van der Waals surface area contributed by atoms with E-state index in [9.17, 15) is 20.4 Å². The topological polar surface area (TPSA) is 84.2 Å². The maximum atomic E-state index is 12.0. The van der Waals surface area contributed by atoms with Gasteiger partial charge < -0.3 is 20.4 Å². The first-order valence-electron chi connectivity index (χ1n) is 12.5. The number of nitrogens with zero attached hydrogens (tertiary/aromatic N) is 1. The highest BCUT2D eigenvalue weighted by Crippen LogP contribution is 2.65. The van der Waals surface area contributed by atoms with Gasteiger partial charge in [-0.05, 0) is 75.2 Å². The summed E-state index contributed by atoms with van der Waals surface area (Å²) in [5.74, 6) is 0.923.